The van der Waals surface area contributed by atoms with Crippen LogP contribution in [-0.4, -0.2) is 37.4 Å². The molecule has 2 heterocycles. The zero-order valence-corrected chi connectivity index (χ0v) is 19.5. The second kappa shape index (κ2) is 8.78. The minimum absolute atomic E-state index is 0.141. The molecule has 0 saturated heterocycles. The van der Waals surface area contributed by atoms with Gasteiger partial charge in [-0.15, -0.1) is 10.2 Å². The molecule has 8 heteroatoms. The summed E-state index contributed by atoms with van der Waals surface area (Å²) in [6.45, 7) is 8.13. The fourth-order valence-corrected chi connectivity index (χ4v) is 4.84. The van der Waals surface area contributed by atoms with Crippen molar-refractivity contribution in [3.63, 3.8) is 0 Å². The lowest BCUT2D eigenvalue weighted by Crippen LogP contribution is -2.60. The normalized spacial score (nSPS) is 15.8. The molecule has 0 aliphatic carbocycles. The molecule has 2 aromatic carbocycles. The molecule has 32 heavy (non-hydrogen) atoms. The molecular formula is C24H27N5O2S. The first-order valence-electron chi connectivity index (χ1n) is 10.7. The van der Waals surface area contributed by atoms with Gasteiger partial charge in [-0.25, -0.2) is 0 Å². The van der Waals surface area contributed by atoms with Crippen LogP contribution in [0.1, 0.15) is 39.1 Å². The first-order valence-corrected chi connectivity index (χ1v) is 11.6. The Labute approximate surface area is 192 Å². The number of carbonyl (C=O) groups excluding carboxylic acids is 2. The average Bonchev–Trinajstić information content (AvgIpc) is 3.15. The van der Waals surface area contributed by atoms with Crippen LogP contribution in [0.25, 0.3) is 0 Å². The van der Waals surface area contributed by atoms with E-state index in [2.05, 4.69) is 27.6 Å². The molecule has 2 amide bonds. The number of amides is 2. The van der Waals surface area contributed by atoms with Gasteiger partial charge in [-0.1, -0.05) is 54.2 Å². The highest BCUT2D eigenvalue weighted by atomic mass is 32.2. The highest BCUT2D eigenvalue weighted by molar-refractivity contribution is 8.00. The highest BCUT2D eigenvalue weighted by Crippen LogP contribution is 2.38. The summed E-state index contributed by atoms with van der Waals surface area (Å²) in [5.41, 5.74) is 1.51. The lowest BCUT2D eigenvalue weighted by Gasteiger charge is -2.43. The SMILES string of the molecule is CCn1c(Cc2ccccc2)nnc1SC(C)C(=O)N1c2ccccc2NC(=O)C1(C)C. The van der Waals surface area contributed by atoms with E-state index in [1.165, 1.54) is 11.8 Å². The number of anilines is 2. The smallest absolute Gasteiger partial charge is 0.250 e. The molecule has 1 aromatic heterocycles. The number of carbonyl (C=O) groups is 2. The van der Waals surface area contributed by atoms with Gasteiger partial charge in [0.05, 0.1) is 16.6 Å². The monoisotopic (exact) mass is 449 g/mol. The number of hydrogen-bond acceptors (Lipinski definition) is 5. The van der Waals surface area contributed by atoms with Gasteiger partial charge >= 0.3 is 0 Å². The highest BCUT2D eigenvalue weighted by Gasteiger charge is 2.45. The predicted molar refractivity (Wildman–Crippen MR) is 127 cm³/mol. The van der Waals surface area contributed by atoms with E-state index in [0.717, 1.165) is 11.4 Å². The number of nitrogens with one attached hydrogen (secondary N) is 1. The van der Waals surface area contributed by atoms with Crippen LogP contribution in [-0.2, 0) is 22.6 Å². The zero-order valence-electron chi connectivity index (χ0n) is 18.7. The summed E-state index contributed by atoms with van der Waals surface area (Å²) < 4.78 is 2.05. The van der Waals surface area contributed by atoms with Crippen molar-refractivity contribution in [3.8, 4) is 0 Å². The molecule has 1 aliphatic rings. The number of hydrogen-bond donors (Lipinski definition) is 1. The molecule has 1 N–H and O–H groups in total. The Bertz CT molecular complexity index is 1140. The number of rotatable bonds is 6. The number of fused-ring (bicyclic) bond motifs is 1. The van der Waals surface area contributed by atoms with E-state index in [0.29, 0.717) is 29.5 Å². The Balaban J connectivity index is 1.58. The van der Waals surface area contributed by atoms with Gasteiger partial charge in [0.25, 0.3) is 0 Å². The predicted octanol–water partition coefficient (Wildman–Crippen LogP) is 4.13. The second-order valence-corrected chi connectivity index (χ2v) is 9.58. The number of nitrogens with zero attached hydrogens (tertiary/aromatic N) is 4. The van der Waals surface area contributed by atoms with Crippen molar-refractivity contribution in [2.24, 2.45) is 0 Å². The van der Waals surface area contributed by atoms with E-state index in [1.54, 1.807) is 18.7 Å². The molecule has 1 aliphatic heterocycles. The molecular weight excluding hydrogens is 422 g/mol. The Morgan fingerprint density at radius 2 is 1.78 bits per heavy atom. The molecule has 7 nitrogen and oxygen atoms in total. The van der Waals surface area contributed by atoms with Gasteiger partial charge in [-0.05, 0) is 45.4 Å². The van der Waals surface area contributed by atoms with E-state index < -0.39 is 10.8 Å². The molecule has 1 atom stereocenters. The van der Waals surface area contributed by atoms with E-state index in [9.17, 15) is 9.59 Å². The average molecular weight is 450 g/mol. The number of para-hydroxylation sites is 2. The lowest BCUT2D eigenvalue weighted by molar-refractivity contribution is -0.126. The second-order valence-electron chi connectivity index (χ2n) is 8.27. The molecule has 1 unspecified atom stereocenters. The van der Waals surface area contributed by atoms with E-state index in [4.69, 9.17) is 0 Å². The van der Waals surface area contributed by atoms with Crippen molar-refractivity contribution >= 4 is 35.0 Å². The summed E-state index contributed by atoms with van der Waals surface area (Å²) in [6.07, 6.45) is 0.678. The molecule has 166 valence electrons. The van der Waals surface area contributed by atoms with Crippen LogP contribution in [0.2, 0.25) is 0 Å². The van der Waals surface area contributed by atoms with Crippen molar-refractivity contribution in [3.05, 3.63) is 66.0 Å². The summed E-state index contributed by atoms with van der Waals surface area (Å²) in [7, 11) is 0. The number of benzene rings is 2. The molecule has 0 radical (unpaired) electrons. The van der Waals surface area contributed by atoms with Crippen molar-refractivity contribution in [2.45, 2.75) is 56.6 Å². The molecule has 3 aromatic rings. The van der Waals surface area contributed by atoms with Gasteiger partial charge in [-0.3, -0.25) is 14.5 Å². The van der Waals surface area contributed by atoms with Gasteiger partial charge in [0.15, 0.2) is 5.16 Å². The third-order valence-electron chi connectivity index (χ3n) is 5.67. The first-order chi connectivity index (χ1) is 15.3. The summed E-state index contributed by atoms with van der Waals surface area (Å²) in [6, 6.07) is 17.5. The van der Waals surface area contributed by atoms with E-state index >= 15 is 0 Å². The largest absolute Gasteiger partial charge is 0.322 e. The van der Waals surface area contributed by atoms with E-state index in [-0.39, 0.29) is 11.8 Å². The molecule has 4 rings (SSSR count). The van der Waals surface area contributed by atoms with Crippen molar-refractivity contribution < 1.29 is 9.59 Å². The minimum Gasteiger partial charge on any atom is -0.322 e. The fraction of sp³-hybridized carbons (Fsp3) is 0.333. The first kappa shape index (κ1) is 22.1. The quantitative estimate of drug-likeness (QED) is 0.572. The zero-order chi connectivity index (χ0) is 22.9. The standard InChI is InChI=1S/C24H27N5O2S/c1-5-28-20(15-17-11-7-6-8-12-17)26-27-23(28)32-16(2)21(30)29-19-14-10-9-13-18(19)25-22(31)24(29,3)4/h6-14,16H,5,15H2,1-4H3,(H,25,31). The maximum Gasteiger partial charge on any atom is 0.250 e. The minimum atomic E-state index is -1.00. The van der Waals surface area contributed by atoms with Crippen molar-refractivity contribution in [2.75, 3.05) is 10.2 Å². The maximum absolute atomic E-state index is 13.6. The molecule has 0 bridgehead atoms. The molecule has 0 fully saturated rings. The lowest BCUT2D eigenvalue weighted by atomic mass is 9.96. The van der Waals surface area contributed by atoms with Gasteiger partial charge in [0, 0.05) is 13.0 Å². The summed E-state index contributed by atoms with van der Waals surface area (Å²) in [5.74, 6) is 0.519. The number of thioether (sulfide) groups is 1. The van der Waals surface area contributed by atoms with Crippen molar-refractivity contribution in [1.29, 1.82) is 0 Å². The molecule has 0 spiro atoms. The Kier molecular flexibility index (Phi) is 6.06. The summed E-state index contributed by atoms with van der Waals surface area (Å²) in [5, 5.41) is 11.9. The van der Waals surface area contributed by atoms with Gasteiger partial charge in [0.2, 0.25) is 11.8 Å². The van der Waals surface area contributed by atoms with Crippen molar-refractivity contribution in [1.82, 2.24) is 14.8 Å². The topological polar surface area (TPSA) is 80.1 Å². The van der Waals surface area contributed by atoms with Gasteiger partial charge < -0.3 is 9.88 Å². The van der Waals surface area contributed by atoms with Gasteiger partial charge in [0.1, 0.15) is 11.4 Å². The summed E-state index contributed by atoms with van der Waals surface area (Å²) in [4.78, 5) is 27.9. The van der Waals surface area contributed by atoms with Crippen LogP contribution < -0.4 is 10.2 Å². The van der Waals surface area contributed by atoms with Crippen LogP contribution in [0.4, 0.5) is 11.4 Å². The Hall–Kier alpha value is -3.13. The fourth-order valence-electron chi connectivity index (χ4n) is 3.87. The third-order valence-corrected chi connectivity index (χ3v) is 6.74. The molecule has 0 saturated carbocycles. The maximum atomic E-state index is 13.6. The van der Waals surface area contributed by atoms with Crippen LogP contribution in [0, 0.1) is 0 Å². The van der Waals surface area contributed by atoms with Gasteiger partial charge in [-0.2, -0.15) is 0 Å². The third kappa shape index (κ3) is 4.02. The Morgan fingerprint density at radius 3 is 2.50 bits per heavy atom. The van der Waals surface area contributed by atoms with Crippen LogP contribution >= 0.6 is 11.8 Å². The van der Waals surface area contributed by atoms with E-state index in [1.807, 2.05) is 60.9 Å². The number of aromatic nitrogens is 3. The van der Waals surface area contributed by atoms with Crippen LogP contribution in [0.3, 0.4) is 0 Å². The summed E-state index contributed by atoms with van der Waals surface area (Å²) >= 11 is 1.37. The van der Waals surface area contributed by atoms with Crippen LogP contribution in [0.15, 0.2) is 59.8 Å². The Morgan fingerprint density at radius 1 is 1.09 bits per heavy atom. The van der Waals surface area contributed by atoms with Crippen LogP contribution in [0.5, 0.6) is 0 Å².